The van der Waals surface area contributed by atoms with Crippen molar-refractivity contribution in [2.24, 2.45) is 0 Å². The predicted molar refractivity (Wildman–Crippen MR) is 101 cm³/mol. The van der Waals surface area contributed by atoms with E-state index in [1.807, 2.05) is 71.2 Å². The van der Waals surface area contributed by atoms with Crippen LogP contribution in [0.1, 0.15) is 28.9 Å². The summed E-state index contributed by atoms with van der Waals surface area (Å²) in [6.07, 6.45) is 5.77. The van der Waals surface area contributed by atoms with E-state index in [-0.39, 0.29) is 11.9 Å². The van der Waals surface area contributed by atoms with Crippen LogP contribution in [0.4, 0.5) is 0 Å². The zero-order valence-electron chi connectivity index (χ0n) is 14.9. The number of likely N-dealkylation sites (tertiary alicyclic amines) is 1. The van der Waals surface area contributed by atoms with E-state index >= 15 is 0 Å². The van der Waals surface area contributed by atoms with Gasteiger partial charge in [-0.2, -0.15) is 5.10 Å². The molecule has 4 rings (SSSR count). The number of carbonyl (C=O) groups is 1. The summed E-state index contributed by atoms with van der Waals surface area (Å²) < 4.78 is 1.90. The van der Waals surface area contributed by atoms with Gasteiger partial charge < -0.3 is 4.90 Å². The molecule has 0 saturated carbocycles. The second-order valence-electron chi connectivity index (χ2n) is 6.72. The van der Waals surface area contributed by atoms with Gasteiger partial charge in [0, 0.05) is 24.5 Å². The molecule has 0 spiro atoms. The summed E-state index contributed by atoms with van der Waals surface area (Å²) in [6.45, 7) is 3.45. The Labute approximate surface area is 153 Å². The molecule has 3 aromatic rings. The fourth-order valence-corrected chi connectivity index (χ4v) is 3.63. The fraction of sp³-hybridized carbons (Fsp3) is 0.286. The Bertz CT molecular complexity index is 890. The maximum absolute atomic E-state index is 13.1. The normalized spacial score (nSPS) is 16.8. The number of amides is 1. The lowest BCUT2D eigenvalue weighted by atomic mass is 10.1. The first-order chi connectivity index (χ1) is 12.7. The minimum atomic E-state index is 0.0734. The van der Waals surface area contributed by atoms with Crippen LogP contribution in [0.2, 0.25) is 0 Å². The highest BCUT2D eigenvalue weighted by Crippen LogP contribution is 2.24. The molecule has 1 amide bonds. The number of nitrogens with zero attached hydrogens (tertiary/aromatic N) is 4. The molecule has 1 saturated heterocycles. The van der Waals surface area contributed by atoms with Crippen LogP contribution < -0.4 is 0 Å². The minimum Gasteiger partial charge on any atom is -0.334 e. The van der Waals surface area contributed by atoms with Gasteiger partial charge in [0.05, 0.1) is 29.5 Å². The van der Waals surface area contributed by atoms with E-state index in [9.17, 15) is 4.79 Å². The third-order valence-electron chi connectivity index (χ3n) is 4.98. The van der Waals surface area contributed by atoms with Gasteiger partial charge in [0.2, 0.25) is 0 Å². The van der Waals surface area contributed by atoms with Gasteiger partial charge in [-0.3, -0.25) is 14.5 Å². The van der Waals surface area contributed by atoms with Crippen molar-refractivity contribution in [3.8, 4) is 11.3 Å². The summed E-state index contributed by atoms with van der Waals surface area (Å²) in [5, 5.41) is 4.28. The minimum absolute atomic E-state index is 0.0734. The SMILES string of the molecule is Cc1nc(-c2ccccc2)ccc1C(=O)N1CCC[C@@H]1Cn1cccn1. The zero-order chi connectivity index (χ0) is 17.9. The molecule has 0 bridgehead atoms. The number of aromatic nitrogens is 3. The molecular weight excluding hydrogens is 324 g/mol. The van der Waals surface area contributed by atoms with Gasteiger partial charge in [0.15, 0.2) is 0 Å². The Morgan fingerprint density at radius 3 is 2.73 bits per heavy atom. The van der Waals surface area contributed by atoms with Gasteiger partial charge in [-0.1, -0.05) is 30.3 Å². The van der Waals surface area contributed by atoms with Gasteiger partial charge in [0.1, 0.15) is 0 Å². The molecule has 2 aromatic heterocycles. The zero-order valence-corrected chi connectivity index (χ0v) is 14.9. The van der Waals surface area contributed by atoms with Crippen molar-refractivity contribution in [1.29, 1.82) is 0 Å². The summed E-state index contributed by atoms with van der Waals surface area (Å²) in [5.74, 6) is 0.0734. The van der Waals surface area contributed by atoms with Crippen molar-refractivity contribution in [2.45, 2.75) is 32.4 Å². The second kappa shape index (κ2) is 7.12. The van der Waals surface area contributed by atoms with Gasteiger partial charge in [-0.25, -0.2) is 0 Å². The Balaban J connectivity index is 1.55. The summed E-state index contributed by atoms with van der Waals surface area (Å²) >= 11 is 0. The van der Waals surface area contributed by atoms with Crippen LogP contribution in [-0.2, 0) is 6.54 Å². The van der Waals surface area contributed by atoms with E-state index < -0.39 is 0 Å². The van der Waals surface area contributed by atoms with Crippen LogP contribution in [0.15, 0.2) is 60.9 Å². The molecule has 0 aliphatic carbocycles. The average molecular weight is 346 g/mol. The number of hydrogen-bond acceptors (Lipinski definition) is 3. The molecule has 3 heterocycles. The highest BCUT2D eigenvalue weighted by atomic mass is 16.2. The molecule has 1 aliphatic heterocycles. The molecule has 26 heavy (non-hydrogen) atoms. The van der Waals surface area contributed by atoms with Gasteiger partial charge >= 0.3 is 0 Å². The Morgan fingerprint density at radius 1 is 1.15 bits per heavy atom. The molecule has 1 fully saturated rings. The average Bonchev–Trinajstić information content (AvgIpc) is 3.34. The third-order valence-corrected chi connectivity index (χ3v) is 4.98. The van der Waals surface area contributed by atoms with E-state index in [1.54, 1.807) is 6.20 Å². The second-order valence-corrected chi connectivity index (χ2v) is 6.72. The van der Waals surface area contributed by atoms with E-state index in [0.29, 0.717) is 5.56 Å². The van der Waals surface area contributed by atoms with Gasteiger partial charge in [-0.05, 0) is 38.0 Å². The molecule has 0 radical (unpaired) electrons. The smallest absolute Gasteiger partial charge is 0.256 e. The van der Waals surface area contributed by atoms with Crippen molar-refractivity contribution in [1.82, 2.24) is 19.7 Å². The molecule has 132 valence electrons. The van der Waals surface area contributed by atoms with Crippen molar-refractivity contribution in [2.75, 3.05) is 6.54 Å². The van der Waals surface area contributed by atoms with Crippen LogP contribution in [0, 0.1) is 6.92 Å². The van der Waals surface area contributed by atoms with Crippen molar-refractivity contribution in [3.63, 3.8) is 0 Å². The predicted octanol–water partition coefficient (Wildman–Crippen LogP) is 3.56. The highest BCUT2D eigenvalue weighted by Gasteiger charge is 2.30. The largest absolute Gasteiger partial charge is 0.334 e. The lowest BCUT2D eigenvalue weighted by Crippen LogP contribution is -2.38. The van der Waals surface area contributed by atoms with E-state index in [1.165, 1.54) is 0 Å². The first kappa shape index (κ1) is 16.5. The van der Waals surface area contributed by atoms with Crippen molar-refractivity contribution < 1.29 is 4.79 Å². The van der Waals surface area contributed by atoms with Crippen LogP contribution in [0.5, 0.6) is 0 Å². The first-order valence-corrected chi connectivity index (χ1v) is 9.04. The number of carbonyl (C=O) groups excluding carboxylic acids is 1. The number of hydrogen-bond donors (Lipinski definition) is 0. The summed E-state index contributed by atoms with van der Waals surface area (Å²) in [6, 6.07) is 16.0. The van der Waals surface area contributed by atoms with E-state index in [4.69, 9.17) is 0 Å². The number of pyridine rings is 1. The van der Waals surface area contributed by atoms with Crippen molar-refractivity contribution >= 4 is 5.91 Å². The third kappa shape index (κ3) is 3.25. The topological polar surface area (TPSA) is 51.0 Å². The first-order valence-electron chi connectivity index (χ1n) is 9.04. The van der Waals surface area contributed by atoms with Gasteiger partial charge in [0.25, 0.3) is 5.91 Å². The maximum Gasteiger partial charge on any atom is 0.256 e. The molecule has 5 nitrogen and oxygen atoms in total. The monoisotopic (exact) mass is 346 g/mol. The number of aryl methyl sites for hydroxylation is 1. The lowest BCUT2D eigenvalue weighted by molar-refractivity contribution is 0.0720. The molecule has 1 aliphatic rings. The highest BCUT2D eigenvalue weighted by molar-refractivity contribution is 5.96. The quantitative estimate of drug-likeness (QED) is 0.726. The molecule has 0 unspecified atom stereocenters. The Morgan fingerprint density at radius 2 is 2.00 bits per heavy atom. The molecule has 1 atom stereocenters. The molecular formula is C21H22N4O. The van der Waals surface area contributed by atoms with Crippen molar-refractivity contribution in [3.05, 3.63) is 72.2 Å². The van der Waals surface area contributed by atoms with Gasteiger partial charge in [-0.15, -0.1) is 0 Å². The Kier molecular flexibility index (Phi) is 4.52. The Hall–Kier alpha value is -2.95. The van der Waals surface area contributed by atoms with Crippen LogP contribution in [-0.4, -0.2) is 38.2 Å². The lowest BCUT2D eigenvalue weighted by Gasteiger charge is -2.25. The summed E-state index contributed by atoms with van der Waals surface area (Å²) in [5.41, 5.74) is 3.43. The number of benzene rings is 1. The molecule has 1 aromatic carbocycles. The van der Waals surface area contributed by atoms with Crippen LogP contribution >= 0.6 is 0 Å². The fourth-order valence-electron chi connectivity index (χ4n) is 3.63. The van der Waals surface area contributed by atoms with E-state index in [2.05, 4.69) is 10.1 Å². The standard InChI is InChI=1S/C21H22N4O/c1-16-19(10-11-20(23-16)17-7-3-2-4-8-17)21(26)25-14-5-9-18(25)15-24-13-6-12-22-24/h2-4,6-8,10-13,18H,5,9,14-15H2,1H3/t18-/m1/s1. The van der Waals surface area contributed by atoms with E-state index in [0.717, 1.165) is 42.9 Å². The van der Waals surface area contributed by atoms with Crippen LogP contribution in [0.25, 0.3) is 11.3 Å². The maximum atomic E-state index is 13.1. The summed E-state index contributed by atoms with van der Waals surface area (Å²) in [7, 11) is 0. The molecule has 5 heteroatoms. The number of rotatable bonds is 4. The summed E-state index contributed by atoms with van der Waals surface area (Å²) in [4.78, 5) is 19.8. The molecule has 0 N–H and O–H groups in total. The van der Waals surface area contributed by atoms with Crippen LogP contribution in [0.3, 0.4) is 0 Å².